The minimum Gasteiger partial charge on any atom is -0.502 e. The highest BCUT2D eigenvalue weighted by atomic mass is 79.9. The maximum absolute atomic E-state index is 13.4. The fourth-order valence-electron chi connectivity index (χ4n) is 5.94. The van der Waals surface area contributed by atoms with Crippen molar-refractivity contribution in [3.8, 4) is 17.2 Å². The second-order valence-corrected chi connectivity index (χ2v) is 10.0. The number of phenolic OH excluding ortho intramolecular Hbond substituents is 1. The zero-order valence-corrected chi connectivity index (χ0v) is 21.7. The molecule has 1 saturated heterocycles. The van der Waals surface area contributed by atoms with Crippen molar-refractivity contribution in [3.05, 3.63) is 51.0 Å². The first-order valence-electron chi connectivity index (χ1n) is 11.4. The number of hydrogen-bond acceptors (Lipinski definition) is 9. The average molecular weight is 572 g/mol. The molecule has 0 radical (unpaired) electrons. The first-order chi connectivity index (χ1) is 17.6. The number of amides is 3. The zero-order chi connectivity index (χ0) is 26.8. The summed E-state index contributed by atoms with van der Waals surface area (Å²) in [6.07, 6.45) is 2.19. The van der Waals surface area contributed by atoms with Gasteiger partial charge in [0.25, 0.3) is 0 Å². The molecular formula is C26H22BrNO9. The molecular weight excluding hydrogens is 550 g/mol. The number of benzene rings is 1. The number of phenols is 1. The van der Waals surface area contributed by atoms with Crippen molar-refractivity contribution in [2.24, 2.45) is 17.8 Å². The number of carbonyl (C=O) groups is 5. The van der Waals surface area contributed by atoms with E-state index in [-0.39, 0.29) is 57.3 Å². The Kier molecular flexibility index (Phi) is 6.06. The van der Waals surface area contributed by atoms with E-state index in [2.05, 4.69) is 20.7 Å². The van der Waals surface area contributed by atoms with Gasteiger partial charge in [-0.1, -0.05) is 11.6 Å². The lowest BCUT2D eigenvalue weighted by Crippen LogP contribution is -2.40. The molecule has 3 amide bonds. The zero-order valence-electron chi connectivity index (χ0n) is 20.1. The molecule has 0 bridgehead atoms. The van der Waals surface area contributed by atoms with Gasteiger partial charge < -0.3 is 19.3 Å². The van der Waals surface area contributed by atoms with Crippen molar-refractivity contribution in [2.45, 2.75) is 18.8 Å². The molecule has 3 aliphatic carbocycles. The molecule has 1 fully saturated rings. The molecule has 1 heterocycles. The number of imide groups is 3. The maximum atomic E-state index is 13.4. The molecule has 0 aromatic heterocycles. The maximum Gasteiger partial charge on any atom is 0.423 e. The van der Waals surface area contributed by atoms with E-state index in [1.165, 1.54) is 20.3 Å². The smallest absolute Gasteiger partial charge is 0.423 e. The lowest BCUT2D eigenvalue weighted by Gasteiger charge is -2.42. The summed E-state index contributed by atoms with van der Waals surface area (Å²) < 4.78 is 15.4. The Morgan fingerprint density at radius 2 is 1.68 bits per heavy atom. The van der Waals surface area contributed by atoms with Crippen molar-refractivity contribution in [1.29, 1.82) is 0 Å². The number of methoxy groups -OCH3 is 3. The number of rotatable bonds is 3. The lowest BCUT2D eigenvalue weighted by molar-refractivity contribution is -0.137. The molecule has 5 rings (SSSR count). The van der Waals surface area contributed by atoms with Crippen molar-refractivity contribution in [2.75, 3.05) is 21.3 Å². The SMILES string of the molecule is COC(=O)N1C(=O)[C@H]2[C@H](CC=C3[C@H](c4cc(OC)c(O)c(OC)c4)C4=C(C[C@H]32)C(=O)C(Br)=CC4=O)C1=O. The van der Waals surface area contributed by atoms with Crippen LogP contribution in [0.1, 0.15) is 24.3 Å². The topological polar surface area (TPSA) is 137 Å². The molecule has 0 saturated carbocycles. The number of likely N-dealkylation sites (tertiary alicyclic amines) is 1. The molecule has 0 spiro atoms. The molecule has 0 unspecified atom stereocenters. The van der Waals surface area contributed by atoms with Gasteiger partial charge in [-0.25, -0.2) is 4.79 Å². The van der Waals surface area contributed by atoms with Gasteiger partial charge in [0.2, 0.25) is 17.6 Å². The van der Waals surface area contributed by atoms with Crippen LogP contribution in [0.3, 0.4) is 0 Å². The number of carbonyl (C=O) groups excluding carboxylic acids is 5. The van der Waals surface area contributed by atoms with E-state index in [4.69, 9.17) is 9.47 Å². The molecule has 1 aliphatic heterocycles. The Hall–Kier alpha value is -3.73. The fraction of sp³-hybridized carbons (Fsp3) is 0.346. The van der Waals surface area contributed by atoms with Gasteiger partial charge in [0.15, 0.2) is 23.1 Å². The van der Waals surface area contributed by atoms with Crippen LogP contribution in [0.2, 0.25) is 0 Å². The Bertz CT molecular complexity index is 1360. The van der Waals surface area contributed by atoms with Crippen molar-refractivity contribution in [3.63, 3.8) is 0 Å². The highest BCUT2D eigenvalue weighted by Gasteiger charge is 2.58. The normalized spacial score (nSPS) is 26.8. The van der Waals surface area contributed by atoms with Crippen LogP contribution in [0.25, 0.3) is 0 Å². The third-order valence-electron chi connectivity index (χ3n) is 7.52. The summed E-state index contributed by atoms with van der Waals surface area (Å²) in [5, 5.41) is 10.5. The summed E-state index contributed by atoms with van der Waals surface area (Å²) in [4.78, 5) is 65.7. The van der Waals surface area contributed by atoms with Crippen molar-refractivity contribution in [1.82, 2.24) is 4.90 Å². The fourth-order valence-corrected chi connectivity index (χ4v) is 6.38. The Morgan fingerprint density at radius 3 is 2.27 bits per heavy atom. The largest absolute Gasteiger partial charge is 0.502 e. The van der Waals surface area contributed by atoms with Crippen LogP contribution in [0.15, 0.2) is 45.5 Å². The van der Waals surface area contributed by atoms with Gasteiger partial charge in [-0.2, -0.15) is 4.90 Å². The first kappa shape index (κ1) is 24.9. The number of Topliss-reactive ketones (excluding diaryl/α,β-unsaturated/α-hetero) is 1. The Morgan fingerprint density at radius 1 is 1.03 bits per heavy atom. The monoisotopic (exact) mass is 571 g/mol. The number of aromatic hydroxyl groups is 1. The van der Waals surface area contributed by atoms with Crippen LogP contribution in [0.5, 0.6) is 17.2 Å². The highest BCUT2D eigenvalue weighted by Crippen LogP contribution is 2.56. The number of allylic oxidation sites excluding steroid dienone is 6. The number of halogens is 1. The first-order valence-corrected chi connectivity index (χ1v) is 12.2. The quantitative estimate of drug-likeness (QED) is 0.329. The predicted octanol–water partition coefficient (Wildman–Crippen LogP) is 2.94. The van der Waals surface area contributed by atoms with Crippen LogP contribution in [0.4, 0.5) is 4.79 Å². The van der Waals surface area contributed by atoms with E-state index < -0.39 is 41.6 Å². The summed E-state index contributed by atoms with van der Waals surface area (Å²) in [6, 6.07) is 3.10. The van der Waals surface area contributed by atoms with Crippen LogP contribution < -0.4 is 9.47 Å². The van der Waals surface area contributed by atoms with Crippen LogP contribution in [-0.2, 0) is 23.9 Å². The van der Waals surface area contributed by atoms with Crippen molar-refractivity contribution < 1.29 is 43.3 Å². The molecule has 37 heavy (non-hydrogen) atoms. The molecule has 1 aromatic carbocycles. The van der Waals surface area contributed by atoms with Gasteiger partial charge in [0.1, 0.15) is 0 Å². The Balaban J connectivity index is 1.71. The van der Waals surface area contributed by atoms with E-state index in [0.717, 1.165) is 7.11 Å². The average Bonchev–Trinajstić information content (AvgIpc) is 3.15. The summed E-state index contributed by atoms with van der Waals surface area (Å²) >= 11 is 3.17. The number of ketones is 2. The van der Waals surface area contributed by atoms with Crippen LogP contribution >= 0.6 is 15.9 Å². The molecule has 1 aromatic rings. The molecule has 4 aliphatic rings. The van der Waals surface area contributed by atoms with Gasteiger partial charge in [0.05, 0.1) is 37.6 Å². The van der Waals surface area contributed by atoms with E-state index in [1.54, 1.807) is 12.1 Å². The molecule has 11 heteroatoms. The van der Waals surface area contributed by atoms with E-state index >= 15 is 0 Å². The van der Waals surface area contributed by atoms with Gasteiger partial charge in [-0.05, 0) is 52.4 Å². The van der Waals surface area contributed by atoms with Crippen LogP contribution in [-0.4, -0.2) is 60.8 Å². The third kappa shape index (κ3) is 3.55. The third-order valence-corrected chi connectivity index (χ3v) is 8.11. The Labute approximate surface area is 219 Å². The molecule has 192 valence electrons. The van der Waals surface area contributed by atoms with E-state index in [1.807, 2.05) is 6.08 Å². The molecule has 10 nitrogen and oxygen atoms in total. The summed E-state index contributed by atoms with van der Waals surface area (Å²) in [6.45, 7) is 0. The number of fused-ring (bicyclic) bond motifs is 3. The summed E-state index contributed by atoms with van der Waals surface area (Å²) in [5.74, 6) is -5.23. The molecule has 4 atom stereocenters. The molecule has 1 N–H and O–H groups in total. The van der Waals surface area contributed by atoms with Gasteiger partial charge in [-0.15, -0.1) is 0 Å². The lowest BCUT2D eigenvalue weighted by atomic mass is 9.59. The minimum absolute atomic E-state index is 0.0483. The van der Waals surface area contributed by atoms with Gasteiger partial charge in [-0.3, -0.25) is 19.2 Å². The summed E-state index contributed by atoms with van der Waals surface area (Å²) in [7, 11) is 3.83. The second kappa shape index (κ2) is 8.98. The van der Waals surface area contributed by atoms with E-state index in [0.29, 0.717) is 16.0 Å². The predicted molar refractivity (Wildman–Crippen MR) is 130 cm³/mol. The summed E-state index contributed by atoms with van der Waals surface area (Å²) in [5.41, 5.74) is 1.67. The highest BCUT2D eigenvalue weighted by molar-refractivity contribution is 9.12. The van der Waals surface area contributed by atoms with Gasteiger partial charge >= 0.3 is 6.09 Å². The standard InChI is InChI=1S/C26H22BrNO9/c1-35-17-6-10(7-18(36-2)23(17)31)19-11-4-5-12-20(25(33)28(24(12)32)26(34)37-3)13(11)8-14-21(19)16(29)9-15(27)22(14)30/h4,6-7,9,12-13,19-20,31H,5,8H2,1-3H3/t12-,13+,19-,20-/m0/s1. The van der Waals surface area contributed by atoms with Crippen LogP contribution in [0, 0.1) is 17.8 Å². The number of ether oxygens (including phenoxy) is 3. The van der Waals surface area contributed by atoms with Gasteiger partial charge in [0, 0.05) is 23.1 Å². The second-order valence-electron chi connectivity index (χ2n) is 9.15. The van der Waals surface area contributed by atoms with E-state index in [9.17, 15) is 29.1 Å². The minimum atomic E-state index is -1.05. The number of hydrogen-bond donors (Lipinski definition) is 1. The number of nitrogens with zero attached hydrogens (tertiary/aromatic N) is 1. The van der Waals surface area contributed by atoms with Crippen molar-refractivity contribution >= 4 is 45.4 Å².